The molecule has 0 aromatic rings. The first-order chi connectivity index (χ1) is 3.72. The van der Waals surface area contributed by atoms with Crippen LogP contribution in [0.15, 0.2) is 0 Å². The van der Waals surface area contributed by atoms with Crippen molar-refractivity contribution >= 4 is 17.5 Å². The molecule has 1 heterocycles. The van der Waals surface area contributed by atoms with Crippen LogP contribution in [0, 0.1) is 6.42 Å². The van der Waals surface area contributed by atoms with Crippen LogP contribution in [0.3, 0.4) is 0 Å². The zero-order chi connectivity index (χ0) is 6.15. The second-order valence-corrected chi connectivity index (χ2v) is 2.26. The van der Waals surface area contributed by atoms with E-state index in [-0.39, 0.29) is 11.4 Å². The molecule has 0 aliphatic carbocycles. The smallest absolute Gasteiger partial charge is 0.223 e. The second kappa shape index (κ2) is 1.94. The van der Waals surface area contributed by atoms with Crippen molar-refractivity contribution in [3.8, 4) is 0 Å². The Balaban J connectivity index is 2.56. The van der Waals surface area contributed by atoms with E-state index in [0.717, 1.165) is 0 Å². The van der Waals surface area contributed by atoms with Crippen LogP contribution in [0.1, 0.15) is 6.42 Å². The number of halogens is 1. The van der Waals surface area contributed by atoms with Gasteiger partial charge in [0, 0.05) is 19.9 Å². The topological polar surface area (TPSA) is 20.3 Å². The third-order valence-corrected chi connectivity index (χ3v) is 1.72. The molecule has 1 rings (SSSR count). The van der Waals surface area contributed by atoms with Crippen molar-refractivity contribution in [2.45, 2.75) is 11.9 Å². The molecule has 8 heavy (non-hydrogen) atoms. The van der Waals surface area contributed by atoms with E-state index in [0.29, 0.717) is 6.42 Å². The Labute approximate surface area is 53.4 Å². The van der Waals surface area contributed by atoms with E-state index in [9.17, 15) is 4.79 Å². The standard InChI is InChI=1S/C5H7ClNO/c1-7-4(6)2-3-5(7)8/h2,4H,3H2,1H3. The summed E-state index contributed by atoms with van der Waals surface area (Å²) in [6.07, 6.45) is 2.27. The van der Waals surface area contributed by atoms with Gasteiger partial charge in [-0.1, -0.05) is 11.6 Å². The lowest BCUT2D eigenvalue weighted by Gasteiger charge is -2.10. The van der Waals surface area contributed by atoms with Gasteiger partial charge in [-0.25, -0.2) is 0 Å². The Morgan fingerprint density at radius 1 is 2.00 bits per heavy atom. The summed E-state index contributed by atoms with van der Waals surface area (Å²) in [5.41, 5.74) is -0.178. The third kappa shape index (κ3) is 0.802. The third-order valence-electron chi connectivity index (χ3n) is 1.25. The van der Waals surface area contributed by atoms with Crippen LogP contribution in [0.25, 0.3) is 0 Å². The maximum Gasteiger partial charge on any atom is 0.223 e. The predicted molar refractivity (Wildman–Crippen MR) is 31.3 cm³/mol. The number of rotatable bonds is 0. The van der Waals surface area contributed by atoms with E-state index in [4.69, 9.17) is 11.6 Å². The van der Waals surface area contributed by atoms with Crippen molar-refractivity contribution < 1.29 is 4.79 Å². The van der Waals surface area contributed by atoms with Crippen LogP contribution in [0.5, 0.6) is 0 Å². The lowest BCUT2D eigenvalue weighted by atomic mass is 10.4. The van der Waals surface area contributed by atoms with Crippen molar-refractivity contribution in [3.63, 3.8) is 0 Å². The Hall–Kier alpha value is -0.240. The molecule has 1 atom stereocenters. The molecule has 0 aromatic carbocycles. The number of hydrogen-bond acceptors (Lipinski definition) is 1. The van der Waals surface area contributed by atoms with Crippen molar-refractivity contribution in [1.82, 2.24) is 4.90 Å². The first-order valence-corrected chi connectivity index (χ1v) is 2.88. The minimum absolute atomic E-state index is 0.102. The number of carbonyl (C=O) groups excluding carboxylic acids is 1. The molecule has 0 N–H and O–H groups in total. The van der Waals surface area contributed by atoms with E-state index in [2.05, 4.69) is 0 Å². The number of carbonyl (C=O) groups is 1. The average molecular weight is 133 g/mol. The lowest BCUT2D eigenvalue weighted by Crippen LogP contribution is -2.23. The fraction of sp³-hybridized carbons (Fsp3) is 0.600. The largest absolute Gasteiger partial charge is 0.329 e. The van der Waals surface area contributed by atoms with Crippen LogP contribution < -0.4 is 0 Å². The molecule has 1 amide bonds. The van der Waals surface area contributed by atoms with Gasteiger partial charge in [0.25, 0.3) is 0 Å². The van der Waals surface area contributed by atoms with E-state index in [1.807, 2.05) is 0 Å². The highest BCUT2D eigenvalue weighted by atomic mass is 35.5. The Morgan fingerprint density at radius 2 is 2.62 bits per heavy atom. The summed E-state index contributed by atoms with van der Waals surface area (Å²) in [4.78, 5) is 12.1. The normalized spacial score (nSPS) is 29.5. The zero-order valence-corrected chi connectivity index (χ0v) is 5.35. The van der Waals surface area contributed by atoms with Crippen LogP contribution in [-0.4, -0.2) is 23.4 Å². The van der Waals surface area contributed by atoms with Crippen molar-refractivity contribution in [2.75, 3.05) is 7.05 Å². The maximum atomic E-state index is 10.6. The first-order valence-electron chi connectivity index (χ1n) is 2.45. The van der Waals surface area contributed by atoms with Gasteiger partial charge in [0.05, 0.1) is 0 Å². The number of amides is 1. The van der Waals surface area contributed by atoms with Gasteiger partial charge in [0.1, 0.15) is 5.50 Å². The number of likely N-dealkylation sites (tertiary alicyclic amines) is 1. The second-order valence-electron chi connectivity index (χ2n) is 1.82. The molecule has 1 fully saturated rings. The summed E-state index contributed by atoms with van der Waals surface area (Å²) in [6, 6.07) is 0. The molecule has 3 heteroatoms. The van der Waals surface area contributed by atoms with Gasteiger partial charge in [0.2, 0.25) is 5.91 Å². The highest BCUT2D eigenvalue weighted by molar-refractivity contribution is 6.23. The van der Waals surface area contributed by atoms with Gasteiger partial charge in [0.15, 0.2) is 0 Å². The molecular weight excluding hydrogens is 126 g/mol. The summed E-state index contributed by atoms with van der Waals surface area (Å²) in [5, 5.41) is 0. The van der Waals surface area contributed by atoms with Gasteiger partial charge in [-0.2, -0.15) is 0 Å². The summed E-state index contributed by atoms with van der Waals surface area (Å²) in [5.74, 6) is 0.102. The fourth-order valence-corrected chi connectivity index (χ4v) is 0.836. The van der Waals surface area contributed by atoms with Crippen molar-refractivity contribution in [2.24, 2.45) is 0 Å². The molecule has 1 saturated heterocycles. The molecule has 0 bridgehead atoms. The van der Waals surface area contributed by atoms with Gasteiger partial charge in [-0.3, -0.25) is 4.79 Å². The maximum absolute atomic E-state index is 10.6. The SMILES string of the molecule is CN1C(=O)C[CH]C1Cl. The number of nitrogens with zero attached hydrogens (tertiary/aromatic N) is 1. The van der Waals surface area contributed by atoms with Crippen LogP contribution in [0.2, 0.25) is 0 Å². The summed E-state index contributed by atoms with van der Waals surface area (Å²) in [7, 11) is 1.70. The average Bonchev–Trinajstić information content (AvgIpc) is 1.98. The molecule has 1 aliphatic rings. The molecule has 0 saturated carbocycles. The lowest BCUT2D eigenvalue weighted by molar-refractivity contribution is -0.126. The molecule has 1 radical (unpaired) electrons. The van der Waals surface area contributed by atoms with Gasteiger partial charge in [-0.05, 0) is 0 Å². The van der Waals surface area contributed by atoms with E-state index in [1.165, 1.54) is 4.90 Å². The van der Waals surface area contributed by atoms with E-state index in [1.54, 1.807) is 13.5 Å². The number of alkyl halides is 1. The highest BCUT2D eigenvalue weighted by Gasteiger charge is 2.25. The van der Waals surface area contributed by atoms with Crippen molar-refractivity contribution in [1.29, 1.82) is 0 Å². The summed E-state index contributed by atoms with van der Waals surface area (Å²) in [6.45, 7) is 0. The fourth-order valence-electron chi connectivity index (χ4n) is 0.638. The molecule has 1 aliphatic heterocycles. The quantitative estimate of drug-likeness (QED) is 0.350. The predicted octanol–water partition coefficient (Wildman–Crippen LogP) is 0.618. The summed E-state index contributed by atoms with van der Waals surface area (Å²) < 4.78 is 0. The molecule has 2 nitrogen and oxygen atoms in total. The Morgan fingerprint density at radius 3 is 2.75 bits per heavy atom. The highest BCUT2D eigenvalue weighted by Crippen LogP contribution is 2.17. The van der Waals surface area contributed by atoms with Gasteiger partial charge < -0.3 is 4.90 Å². The van der Waals surface area contributed by atoms with E-state index < -0.39 is 0 Å². The minimum atomic E-state index is -0.178. The molecule has 0 aromatic heterocycles. The molecular formula is C5H7ClNO. The summed E-state index contributed by atoms with van der Waals surface area (Å²) >= 11 is 5.61. The molecule has 45 valence electrons. The van der Waals surface area contributed by atoms with Gasteiger partial charge in [-0.15, -0.1) is 0 Å². The molecule has 1 unspecified atom stereocenters. The Bertz CT molecular complexity index is 115. The van der Waals surface area contributed by atoms with Crippen molar-refractivity contribution in [3.05, 3.63) is 6.42 Å². The monoisotopic (exact) mass is 132 g/mol. The number of hydrogen-bond donors (Lipinski definition) is 0. The molecule has 0 spiro atoms. The van der Waals surface area contributed by atoms with Crippen LogP contribution >= 0.6 is 11.6 Å². The zero-order valence-electron chi connectivity index (χ0n) is 4.60. The van der Waals surface area contributed by atoms with Crippen LogP contribution in [-0.2, 0) is 4.79 Å². The van der Waals surface area contributed by atoms with E-state index >= 15 is 0 Å². The minimum Gasteiger partial charge on any atom is -0.329 e. The van der Waals surface area contributed by atoms with Crippen LogP contribution in [0.4, 0.5) is 0 Å². The first kappa shape index (κ1) is 5.89. The Kier molecular flexibility index (Phi) is 1.43. The van der Waals surface area contributed by atoms with Gasteiger partial charge >= 0.3 is 0 Å².